The van der Waals surface area contributed by atoms with E-state index < -0.39 is 0 Å². The van der Waals surface area contributed by atoms with Crippen LogP contribution in [0.5, 0.6) is 5.75 Å². The highest BCUT2D eigenvalue weighted by Crippen LogP contribution is 2.30. The monoisotopic (exact) mass is 507 g/mol. The van der Waals surface area contributed by atoms with Gasteiger partial charge in [0.2, 0.25) is 0 Å². The standard InChI is InChI=1S/C23H20Cl3N3O4/c24-15-3-6-20(18(26)12-15)33-14-22(30)27-16-4-5-19(17(25)13-16)28-7-9-29(10-8-28)23(31)21-2-1-11-32-21/h1-6,11-13H,7-10,14H2,(H,27,30). The van der Waals surface area contributed by atoms with Crippen LogP contribution in [0.1, 0.15) is 10.6 Å². The zero-order valence-electron chi connectivity index (χ0n) is 17.4. The Balaban J connectivity index is 1.30. The van der Waals surface area contributed by atoms with Crippen molar-refractivity contribution in [3.05, 3.63) is 75.6 Å². The number of hydrogen-bond donors (Lipinski definition) is 1. The zero-order chi connectivity index (χ0) is 23.4. The molecule has 172 valence electrons. The highest BCUT2D eigenvalue weighted by molar-refractivity contribution is 6.35. The first-order valence-corrected chi connectivity index (χ1v) is 11.3. The molecular formula is C23H20Cl3N3O4. The van der Waals surface area contributed by atoms with Gasteiger partial charge in [-0.2, -0.15) is 0 Å². The van der Waals surface area contributed by atoms with Gasteiger partial charge in [-0.05, 0) is 48.5 Å². The number of anilines is 2. The molecule has 0 atom stereocenters. The van der Waals surface area contributed by atoms with Crippen molar-refractivity contribution in [3.63, 3.8) is 0 Å². The van der Waals surface area contributed by atoms with Crippen molar-refractivity contribution in [3.8, 4) is 5.75 Å². The maximum absolute atomic E-state index is 12.4. The van der Waals surface area contributed by atoms with Gasteiger partial charge in [0.25, 0.3) is 11.8 Å². The van der Waals surface area contributed by atoms with E-state index >= 15 is 0 Å². The van der Waals surface area contributed by atoms with Crippen LogP contribution in [0.4, 0.5) is 11.4 Å². The van der Waals surface area contributed by atoms with Gasteiger partial charge < -0.3 is 24.3 Å². The minimum absolute atomic E-state index is 0.120. The highest BCUT2D eigenvalue weighted by atomic mass is 35.5. The second-order valence-corrected chi connectivity index (χ2v) is 8.59. The number of carbonyl (C=O) groups is 2. The summed E-state index contributed by atoms with van der Waals surface area (Å²) in [6.45, 7) is 2.16. The normalized spacial score (nSPS) is 13.7. The number of ether oxygens (including phenoxy) is 1. The average molecular weight is 509 g/mol. The van der Waals surface area contributed by atoms with E-state index in [4.69, 9.17) is 44.0 Å². The van der Waals surface area contributed by atoms with E-state index in [1.165, 1.54) is 6.26 Å². The number of hydrogen-bond acceptors (Lipinski definition) is 5. The summed E-state index contributed by atoms with van der Waals surface area (Å²) in [4.78, 5) is 28.5. The van der Waals surface area contributed by atoms with Gasteiger partial charge in [-0.3, -0.25) is 9.59 Å². The molecule has 1 fully saturated rings. The molecule has 2 aromatic carbocycles. The van der Waals surface area contributed by atoms with Gasteiger partial charge in [-0.1, -0.05) is 34.8 Å². The van der Waals surface area contributed by atoms with E-state index in [2.05, 4.69) is 10.2 Å². The van der Waals surface area contributed by atoms with Gasteiger partial charge in [0, 0.05) is 36.9 Å². The quantitative estimate of drug-likeness (QED) is 0.494. The van der Waals surface area contributed by atoms with Crippen LogP contribution in [0.2, 0.25) is 15.1 Å². The molecule has 3 aromatic rings. The number of nitrogens with zero attached hydrogens (tertiary/aromatic N) is 2. The third kappa shape index (κ3) is 5.74. The van der Waals surface area contributed by atoms with Crippen molar-refractivity contribution < 1.29 is 18.7 Å². The van der Waals surface area contributed by atoms with E-state index in [1.54, 1.807) is 47.4 Å². The number of amides is 2. The summed E-state index contributed by atoms with van der Waals surface area (Å²) < 4.78 is 10.6. The Bertz CT molecular complexity index is 1150. The Hall–Kier alpha value is -2.87. The molecule has 0 saturated carbocycles. The van der Waals surface area contributed by atoms with Crippen LogP contribution in [0.3, 0.4) is 0 Å². The van der Waals surface area contributed by atoms with Crippen LogP contribution in [0.15, 0.2) is 59.2 Å². The summed E-state index contributed by atoms with van der Waals surface area (Å²) in [5, 5.41) is 4.06. The number of halogens is 3. The molecule has 0 spiro atoms. The molecule has 0 radical (unpaired) electrons. The summed E-state index contributed by atoms with van der Waals surface area (Å²) in [5.74, 6) is 0.235. The van der Waals surface area contributed by atoms with Gasteiger partial charge in [0.15, 0.2) is 12.4 Å². The van der Waals surface area contributed by atoms with Crippen LogP contribution < -0.4 is 15.0 Å². The topological polar surface area (TPSA) is 75.0 Å². The predicted molar refractivity (Wildman–Crippen MR) is 129 cm³/mol. The summed E-state index contributed by atoms with van der Waals surface area (Å²) in [6, 6.07) is 13.4. The van der Waals surface area contributed by atoms with E-state index in [0.29, 0.717) is 58.4 Å². The molecule has 1 aromatic heterocycles. The molecule has 33 heavy (non-hydrogen) atoms. The van der Waals surface area contributed by atoms with Crippen LogP contribution >= 0.6 is 34.8 Å². The van der Waals surface area contributed by atoms with Crippen molar-refractivity contribution in [1.29, 1.82) is 0 Å². The molecule has 2 heterocycles. The van der Waals surface area contributed by atoms with E-state index in [9.17, 15) is 9.59 Å². The molecule has 1 aliphatic heterocycles. The summed E-state index contributed by atoms with van der Waals surface area (Å²) in [7, 11) is 0. The molecule has 10 heteroatoms. The maximum atomic E-state index is 12.4. The van der Waals surface area contributed by atoms with Gasteiger partial charge >= 0.3 is 0 Å². The predicted octanol–water partition coefficient (Wildman–Crippen LogP) is 5.22. The molecule has 1 N–H and O–H groups in total. The van der Waals surface area contributed by atoms with E-state index in [1.807, 2.05) is 6.07 Å². The van der Waals surface area contributed by atoms with Crippen LogP contribution in [0.25, 0.3) is 0 Å². The third-order valence-corrected chi connectivity index (χ3v) is 5.96. The molecular weight excluding hydrogens is 489 g/mol. The lowest BCUT2D eigenvalue weighted by atomic mass is 10.2. The molecule has 0 aliphatic carbocycles. The zero-order valence-corrected chi connectivity index (χ0v) is 19.7. The Kier molecular flexibility index (Phi) is 7.33. The van der Waals surface area contributed by atoms with Crippen molar-refractivity contribution in [2.45, 2.75) is 0 Å². The second-order valence-electron chi connectivity index (χ2n) is 7.33. The van der Waals surface area contributed by atoms with Crippen molar-refractivity contribution in [2.24, 2.45) is 0 Å². The Morgan fingerprint density at radius 2 is 1.76 bits per heavy atom. The smallest absolute Gasteiger partial charge is 0.289 e. The maximum Gasteiger partial charge on any atom is 0.289 e. The number of benzene rings is 2. The van der Waals surface area contributed by atoms with Crippen LogP contribution in [-0.2, 0) is 4.79 Å². The molecule has 2 amide bonds. The number of carbonyl (C=O) groups excluding carboxylic acids is 2. The van der Waals surface area contributed by atoms with Gasteiger partial charge in [-0.25, -0.2) is 0 Å². The fourth-order valence-electron chi connectivity index (χ4n) is 3.48. The molecule has 0 bridgehead atoms. The van der Waals surface area contributed by atoms with Crippen LogP contribution in [-0.4, -0.2) is 49.5 Å². The molecule has 7 nitrogen and oxygen atoms in total. The molecule has 1 saturated heterocycles. The number of nitrogens with one attached hydrogen (secondary N) is 1. The molecule has 0 unspecified atom stereocenters. The third-order valence-electron chi connectivity index (χ3n) is 5.12. The number of piperazine rings is 1. The first-order valence-electron chi connectivity index (χ1n) is 10.2. The summed E-state index contributed by atoms with van der Waals surface area (Å²) >= 11 is 18.4. The minimum atomic E-state index is -0.352. The largest absolute Gasteiger partial charge is 0.482 e. The average Bonchev–Trinajstić information content (AvgIpc) is 3.33. The molecule has 4 rings (SSSR count). The van der Waals surface area contributed by atoms with E-state index in [-0.39, 0.29) is 18.4 Å². The summed E-state index contributed by atoms with van der Waals surface area (Å²) in [6.07, 6.45) is 1.49. The first kappa shape index (κ1) is 23.3. The highest BCUT2D eigenvalue weighted by Gasteiger charge is 2.24. The van der Waals surface area contributed by atoms with Crippen molar-refractivity contribution in [1.82, 2.24) is 4.90 Å². The van der Waals surface area contributed by atoms with Gasteiger partial charge in [0.1, 0.15) is 5.75 Å². The fraction of sp³-hybridized carbons (Fsp3) is 0.217. The van der Waals surface area contributed by atoms with Crippen LogP contribution in [0, 0.1) is 0 Å². The lowest BCUT2D eigenvalue weighted by Crippen LogP contribution is -2.48. The lowest BCUT2D eigenvalue weighted by Gasteiger charge is -2.36. The SMILES string of the molecule is O=C(COc1ccc(Cl)cc1Cl)Nc1ccc(N2CCN(C(=O)c3ccco3)CC2)c(Cl)c1. The first-order chi connectivity index (χ1) is 15.9. The fourth-order valence-corrected chi connectivity index (χ4v) is 4.24. The minimum Gasteiger partial charge on any atom is -0.482 e. The number of rotatable bonds is 6. The Labute approximate surface area is 205 Å². The van der Waals surface area contributed by atoms with Gasteiger partial charge in [-0.15, -0.1) is 0 Å². The lowest BCUT2D eigenvalue weighted by molar-refractivity contribution is -0.118. The Morgan fingerprint density at radius 1 is 0.970 bits per heavy atom. The second kappa shape index (κ2) is 10.4. The molecule has 1 aliphatic rings. The summed E-state index contributed by atoms with van der Waals surface area (Å²) in [5.41, 5.74) is 1.38. The number of furan rings is 1. The van der Waals surface area contributed by atoms with Crippen molar-refractivity contribution in [2.75, 3.05) is 43.0 Å². The van der Waals surface area contributed by atoms with E-state index in [0.717, 1.165) is 5.69 Å². The van der Waals surface area contributed by atoms with Gasteiger partial charge in [0.05, 0.1) is 22.0 Å². The Morgan fingerprint density at radius 3 is 2.42 bits per heavy atom. The van der Waals surface area contributed by atoms with Crippen molar-refractivity contribution >= 4 is 58.0 Å².